The molecule has 17 heavy (non-hydrogen) atoms. The molecule has 2 N–H and O–H groups in total. The van der Waals surface area contributed by atoms with Gasteiger partial charge in [0.2, 0.25) is 0 Å². The normalized spacial score (nSPS) is 14.4. The number of carbonyl (C=O) groups is 1. The van der Waals surface area contributed by atoms with Crippen molar-refractivity contribution in [3.63, 3.8) is 0 Å². The monoisotopic (exact) mass is 245 g/mol. The second-order valence-corrected chi connectivity index (χ2v) is 4.48. The van der Waals surface area contributed by atoms with Gasteiger partial charge in [0.1, 0.15) is 6.04 Å². The molecular weight excluding hydrogens is 218 g/mol. The van der Waals surface area contributed by atoms with E-state index in [1.54, 1.807) is 7.11 Å². The molecule has 4 heteroatoms. The molecule has 4 nitrogen and oxygen atoms in total. The van der Waals surface area contributed by atoms with Crippen molar-refractivity contribution in [1.82, 2.24) is 0 Å². The lowest BCUT2D eigenvalue weighted by Crippen LogP contribution is -2.35. The van der Waals surface area contributed by atoms with Crippen LogP contribution in [-0.2, 0) is 14.3 Å². The quantitative estimate of drug-likeness (QED) is 0.473. The van der Waals surface area contributed by atoms with E-state index in [-0.39, 0.29) is 12.1 Å². The Hall–Kier alpha value is -0.610. The van der Waals surface area contributed by atoms with E-state index in [4.69, 9.17) is 15.2 Å². The highest BCUT2D eigenvalue weighted by Crippen LogP contribution is 2.08. The Morgan fingerprint density at radius 1 is 1.24 bits per heavy atom. The molecule has 0 saturated heterocycles. The first-order valence-corrected chi connectivity index (χ1v) is 6.56. The van der Waals surface area contributed by atoms with Gasteiger partial charge in [-0.05, 0) is 26.2 Å². The van der Waals surface area contributed by atoms with Crippen LogP contribution in [0, 0.1) is 0 Å². The summed E-state index contributed by atoms with van der Waals surface area (Å²) < 4.78 is 10.1. The summed E-state index contributed by atoms with van der Waals surface area (Å²) in [5, 5.41) is 0. The zero-order valence-electron chi connectivity index (χ0n) is 11.4. The van der Waals surface area contributed by atoms with E-state index < -0.39 is 6.04 Å². The van der Waals surface area contributed by atoms with E-state index in [9.17, 15) is 4.79 Å². The van der Waals surface area contributed by atoms with Gasteiger partial charge in [-0.25, -0.2) is 0 Å². The number of rotatable bonds is 10. The summed E-state index contributed by atoms with van der Waals surface area (Å²) in [5.41, 5.74) is 5.67. The fourth-order valence-electron chi connectivity index (χ4n) is 1.57. The largest absolute Gasteiger partial charge is 0.462 e. The molecule has 102 valence electrons. The summed E-state index contributed by atoms with van der Waals surface area (Å²) in [6, 6.07) is -0.562. The predicted molar refractivity (Wildman–Crippen MR) is 68.8 cm³/mol. The van der Waals surface area contributed by atoms with E-state index >= 15 is 0 Å². The highest BCUT2D eigenvalue weighted by molar-refractivity contribution is 5.75. The van der Waals surface area contributed by atoms with Crippen molar-refractivity contribution in [2.24, 2.45) is 5.73 Å². The summed E-state index contributed by atoms with van der Waals surface area (Å²) in [7, 11) is 1.59. The summed E-state index contributed by atoms with van der Waals surface area (Å²) >= 11 is 0. The number of carbonyl (C=O) groups excluding carboxylic acids is 1. The van der Waals surface area contributed by atoms with Crippen molar-refractivity contribution in [2.75, 3.05) is 13.7 Å². The molecule has 0 heterocycles. The summed E-state index contributed by atoms with van der Waals surface area (Å²) in [5.74, 6) is -0.315. The Kier molecular flexibility index (Phi) is 10.2. The maximum absolute atomic E-state index is 11.5. The van der Waals surface area contributed by atoms with Crippen molar-refractivity contribution in [2.45, 2.75) is 64.5 Å². The van der Waals surface area contributed by atoms with E-state index in [0.717, 1.165) is 12.8 Å². The van der Waals surface area contributed by atoms with Crippen molar-refractivity contribution < 1.29 is 14.3 Å². The van der Waals surface area contributed by atoms with Crippen molar-refractivity contribution in [3.8, 4) is 0 Å². The average Bonchev–Trinajstić information content (AvgIpc) is 2.31. The van der Waals surface area contributed by atoms with Crippen LogP contribution in [0.5, 0.6) is 0 Å². The summed E-state index contributed by atoms with van der Waals surface area (Å²) in [4.78, 5) is 11.5. The van der Waals surface area contributed by atoms with Gasteiger partial charge in [0, 0.05) is 13.7 Å². The van der Waals surface area contributed by atoms with Gasteiger partial charge in [0.15, 0.2) is 0 Å². The zero-order chi connectivity index (χ0) is 13.1. The van der Waals surface area contributed by atoms with Crippen LogP contribution >= 0.6 is 0 Å². The van der Waals surface area contributed by atoms with E-state index in [0.29, 0.717) is 13.0 Å². The Morgan fingerprint density at radius 3 is 2.53 bits per heavy atom. The van der Waals surface area contributed by atoms with Crippen LogP contribution in [0.1, 0.15) is 52.4 Å². The molecule has 2 unspecified atom stereocenters. The SMILES string of the molecule is CCCCCCC(C)OC(=O)C(N)CCOC. The molecule has 0 aliphatic rings. The van der Waals surface area contributed by atoms with Crippen molar-refractivity contribution in [3.05, 3.63) is 0 Å². The van der Waals surface area contributed by atoms with Gasteiger partial charge in [0.25, 0.3) is 0 Å². The van der Waals surface area contributed by atoms with Gasteiger partial charge in [-0.2, -0.15) is 0 Å². The number of unbranched alkanes of at least 4 members (excludes halogenated alkanes) is 3. The molecule has 0 saturated carbocycles. The lowest BCUT2D eigenvalue weighted by Gasteiger charge is -2.16. The molecule has 0 aromatic carbocycles. The Bertz CT molecular complexity index is 197. The van der Waals surface area contributed by atoms with Crippen LogP contribution in [-0.4, -0.2) is 31.8 Å². The van der Waals surface area contributed by atoms with Crippen LogP contribution in [0.4, 0.5) is 0 Å². The van der Waals surface area contributed by atoms with Crippen LogP contribution in [0.25, 0.3) is 0 Å². The maximum Gasteiger partial charge on any atom is 0.323 e. The maximum atomic E-state index is 11.5. The first kappa shape index (κ1) is 16.4. The molecule has 0 aromatic rings. The topological polar surface area (TPSA) is 61.5 Å². The molecular formula is C13H27NO3. The zero-order valence-corrected chi connectivity index (χ0v) is 11.4. The predicted octanol–water partition coefficient (Wildman–Crippen LogP) is 2.25. The van der Waals surface area contributed by atoms with E-state index in [2.05, 4.69) is 6.92 Å². The molecule has 0 amide bonds. The third kappa shape index (κ3) is 9.12. The molecule has 2 atom stereocenters. The standard InChI is InChI=1S/C13H27NO3/c1-4-5-6-7-8-11(2)17-13(15)12(14)9-10-16-3/h11-12H,4-10,14H2,1-3H3. The van der Waals surface area contributed by atoms with Crippen molar-refractivity contribution >= 4 is 5.97 Å². The average molecular weight is 245 g/mol. The number of methoxy groups -OCH3 is 1. The third-order valence-electron chi connectivity index (χ3n) is 2.72. The number of hydrogen-bond acceptors (Lipinski definition) is 4. The fraction of sp³-hybridized carbons (Fsp3) is 0.923. The fourth-order valence-corrected chi connectivity index (χ4v) is 1.57. The van der Waals surface area contributed by atoms with Crippen LogP contribution < -0.4 is 5.73 Å². The third-order valence-corrected chi connectivity index (χ3v) is 2.72. The smallest absolute Gasteiger partial charge is 0.323 e. The van der Waals surface area contributed by atoms with Crippen LogP contribution in [0.2, 0.25) is 0 Å². The first-order chi connectivity index (χ1) is 8.11. The highest BCUT2D eigenvalue weighted by Gasteiger charge is 2.17. The van der Waals surface area contributed by atoms with Crippen LogP contribution in [0.15, 0.2) is 0 Å². The Morgan fingerprint density at radius 2 is 1.94 bits per heavy atom. The van der Waals surface area contributed by atoms with Gasteiger partial charge in [0.05, 0.1) is 6.10 Å². The number of hydrogen-bond donors (Lipinski definition) is 1. The highest BCUT2D eigenvalue weighted by atomic mass is 16.5. The molecule has 0 aliphatic heterocycles. The molecule has 0 rings (SSSR count). The molecule has 0 spiro atoms. The van der Waals surface area contributed by atoms with Gasteiger partial charge in [-0.3, -0.25) is 4.79 Å². The van der Waals surface area contributed by atoms with Crippen molar-refractivity contribution in [1.29, 1.82) is 0 Å². The minimum absolute atomic E-state index is 0.0343. The molecule has 0 radical (unpaired) electrons. The van der Waals surface area contributed by atoms with E-state index in [1.807, 2.05) is 6.92 Å². The van der Waals surface area contributed by atoms with Crippen LogP contribution in [0.3, 0.4) is 0 Å². The lowest BCUT2D eigenvalue weighted by molar-refractivity contribution is -0.150. The molecule has 0 aliphatic carbocycles. The lowest BCUT2D eigenvalue weighted by atomic mass is 10.1. The summed E-state index contributed by atoms with van der Waals surface area (Å²) in [6.45, 7) is 4.59. The van der Waals surface area contributed by atoms with E-state index in [1.165, 1.54) is 19.3 Å². The minimum atomic E-state index is -0.562. The molecule has 0 bridgehead atoms. The Labute approximate surface area is 105 Å². The van der Waals surface area contributed by atoms with Gasteiger partial charge in [-0.15, -0.1) is 0 Å². The minimum Gasteiger partial charge on any atom is -0.462 e. The van der Waals surface area contributed by atoms with Gasteiger partial charge < -0.3 is 15.2 Å². The second-order valence-electron chi connectivity index (χ2n) is 4.48. The second kappa shape index (κ2) is 10.5. The number of nitrogens with two attached hydrogens (primary N) is 1. The molecule has 0 aromatic heterocycles. The van der Waals surface area contributed by atoms with Gasteiger partial charge in [-0.1, -0.05) is 26.2 Å². The Balaban J connectivity index is 3.63. The number of ether oxygens (including phenoxy) is 2. The van der Waals surface area contributed by atoms with Gasteiger partial charge >= 0.3 is 5.97 Å². The first-order valence-electron chi connectivity index (χ1n) is 6.56. The summed E-state index contributed by atoms with van der Waals surface area (Å²) in [6.07, 6.45) is 6.17. The molecule has 0 fully saturated rings. The number of esters is 1.